The van der Waals surface area contributed by atoms with E-state index in [1.807, 2.05) is 0 Å². The van der Waals surface area contributed by atoms with Gasteiger partial charge in [-0.05, 0) is 57.6 Å². The average molecular weight is 358 g/mol. The van der Waals surface area contributed by atoms with Crippen molar-refractivity contribution in [2.24, 2.45) is 5.92 Å². The van der Waals surface area contributed by atoms with Crippen molar-refractivity contribution in [3.63, 3.8) is 0 Å². The Morgan fingerprint density at radius 3 is 2.16 bits per heavy atom. The highest BCUT2D eigenvalue weighted by Crippen LogP contribution is 2.54. The van der Waals surface area contributed by atoms with Crippen molar-refractivity contribution < 1.29 is 14.2 Å². The summed E-state index contributed by atoms with van der Waals surface area (Å²) >= 11 is 0. The molecule has 0 aliphatic carbocycles. The predicted octanol–water partition coefficient (Wildman–Crippen LogP) is 5.10. The van der Waals surface area contributed by atoms with Crippen LogP contribution in [-0.2, 0) is 0 Å². The third kappa shape index (κ3) is 2.89. The lowest BCUT2D eigenvalue weighted by molar-refractivity contribution is 0.242. The molecule has 1 aliphatic rings. The van der Waals surface area contributed by atoms with E-state index < -0.39 is 7.92 Å². The van der Waals surface area contributed by atoms with Gasteiger partial charge in [-0.2, -0.15) is 0 Å². The minimum atomic E-state index is -0.416. The van der Waals surface area contributed by atoms with Crippen LogP contribution >= 0.6 is 7.92 Å². The third-order valence-electron chi connectivity index (χ3n) is 4.83. The van der Waals surface area contributed by atoms with Crippen molar-refractivity contribution in [1.82, 2.24) is 0 Å². The summed E-state index contributed by atoms with van der Waals surface area (Å²) in [5, 5.41) is 1.32. The molecule has 0 bridgehead atoms. The van der Waals surface area contributed by atoms with Gasteiger partial charge in [-0.3, -0.25) is 0 Å². The van der Waals surface area contributed by atoms with Crippen molar-refractivity contribution >= 4 is 13.2 Å². The first-order valence-electron chi connectivity index (χ1n) is 8.65. The quantitative estimate of drug-likeness (QED) is 0.712. The molecule has 0 aromatic heterocycles. The summed E-state index contributed by atoms with van der Waals surface area (Å²) in [7, 11) is 3.04. The average Bonchev–Trinajstić information content (AvgIpc) is 2.92. The van der Waals surface area contributed by atoms with Gasteiger partial charge >= 0.3 is 0 Å². The van der Waals surface area contributed by atoms with E-state index in [-0.39, 0.29) is 5.85 Å². The number of methoxy groups -OCH3 is 2. The van der Waals surface area contributed by atoms with Gasteiger partial charge in [0.2, 0.25) is 0 Å². The van der Waals surface area contributed by atoms with Gasteiger partial charge < -0.3 is 14.2 Å². The van der Waals surface area contributed by atoms with Gasteiger partial charge in [0.15, 0.2) is 0 Å². The molecule has 0 radical (unpaired) electrons. The summed E-state index contributed by atoms with van der Waals surface area (Å²) in [5.41, 5.74) is 4.46. The number of aryl methyl sites for hydroxylation is 2. The Bertz CT molecular complexity index is 770. The van der Waals surface area contributed by atoms with Crippen LogP contribution in [0.2, 0.25) is 0 Å². The topological polar surface area (TPSA) is 27.7 Å². The van der Waals surface area contributed by atoms with Crippen LogP contribution in [0.25, 0.3) is 11.1 Å². The molecule has 3 rings (SSSR count). The molecule has 2 atom stereocenters. The van der Waals surface area contributed by atoms with E-state index in [4.69, 9.17) is 14.2 Å². The van der Waals surface area contributed by atoms with Crippen LogP contribution in [-0.4, -0.2) is 26.7 Å². The lowest BCUT2D eigenvalue weighted by Gasteiger charge is -2.22. The van der Waals surface area contributed by atoms with Crippen LogP contribution in [0, 0.1) is 19.8 Å². The Morgan fingerprint density at radius 2 is 1.64 bits per heavy atom. The second-order valence-electron chi connectivity index (χ2n) is 6.97. The molecule has 2 aromatic rings. The first-order valence-corrected chi connectivity index (χ1v) is 10.5. The molecule has 0 amide bonds. The van der Waals surface area contributed by atoms with Gasteiger partial charge in [0, 0.05) is 10.9 Å². The Kier molecular flexibility index (Phi) is 4.97. The lowest BCUT2D eigenvalue weighted by atomic mass is 9.97. The monoisotopic (exact) mass is 358 g/mol. The number of rotatable bonds is 4. The molecule has 4 heteroatoms. The van der Waals surface area contributed by atoms with Crippen LogP contribution in [0.3, 0.4) is 0 Å². The maximum absolute atomic E-state index is 6.30. The summed E-state index contributed by atoms with van der Waals surface area (Å²) in [6, 6.07) is 8.44. The minimum absolute atomic E-state index is 0.258. The fraction of sp³-hybridized carbons (Fsp3) is 0.429. The summed E-state index contributed by atoms with van der Waals surface area (Å²) in [6.45, 7) is 10.9. The highest BCUT2D eigenvalue weighted by Gasteiger charge is 2.36. The van der Waals surface area contributed by atoms with Crippen LogP contribution in [0.4, 0.5) is 0 Å². The zero-order valence-corrected chi connectivity index (χ0v) is 17.0. The minimum Gasteiger partial charge on any atom is -0.496 e. The van der Waals surface area contributed by atoms with Gasteiger partial charge in [-0.1, -0.05) is 26.0 Å². The molecular weight excluding hydrogens is 331 g/mol. The van der Waals surface area contributed by atoms with Crippen LogP contribution < -0.4 is 19.5 Å². The maximum atomic E-state index is 6.30. The number of ether oxygens (including phenoxy) is 3. The Balaban J connectivity index is 2.29. The molecule has 0 spiro atoms. The summed E-state index contributed by atoms with van der Waals surface area (Å²) in [5.74, 6) is 3.51. The standard InChI is InChI=1S/C21H27O3P/c1-12(2)21-24-16-10-8-9-15(20(16)25(21)7)17-18(22-5)13(3)11-14(4)19(17)23-6/h8-12,21H,1-7H3/t21-,25+/m0/s1. The molecule has 0 unspecified atom stereocenters. The highest BCUT2D eigenvalue weighted by molar-refractivity contribution is 7.66. The summed E-state index contributed by atoms with van der Waals surface area (Å²) in [4.78, 5) is 0. The fourth-order valence-electron chi connectivity index (χ4n) is 3.83. The first-order chi connectivity index (χ1) is 11.9. The molecular formula is C21H27O3P. The van der Waals surface area contributed by atoms with Gasteiger partial charge in [-0.25, -0.2) is 0 Å². The Hall–Kier alpha value is -1.73. The molecule has 0 fully saturated rings. The van der Waals surface area contributed by atoms with Gasteiger partial charge in [0.25, 0.3) is 0 Å². The molecule has 1 aliphatic heterocycles. The van der Waals surface area contributed by atoms with E-state index in [0.717, 1.165) is 33.9 Å². The van der Waals surface area contributed by atoms with E-state index in [1.54, 1.807) is 14.2 Å². The normalized spacial score (nSPS) is 18.9. The maximum Gasteiger partial charge on any atom is 0.133 e. The number of fused-ring (bicyclic) bond motifs is 1. The number of hydrogen-bond donors (Lipinski definition) is 0. The zero-order chi connectivity index (χ0) is 18.3. The number of hydrogen-bond acceptors (Lipinski definition) is 3. The smallest absolute Gasteiger partial charge is 0.133 e. The first kappa shape index (κ1) is 18.1. The van der Waals surface area contributed by atoms with Crippen molar-refractivity contribution in [1.29, 1.82) is 0 Å². The molecule has 25 heavy (non-hydrogen) atoms. The lowest BCUT2D eigenvalue weighted by Crippen LogP contribution is -2.17. The third-order valence-corrected chi connectivity index (χ3v) is 7.46. The van der Waals surface area contributed by atoms with Gasteiger partial charge in [0.05, 0.1) is 19.8 Å². The fourth-order valence-corrected chi connectivity index (χ4v) is 6.29. The summed E-state index contributed by atoms with van der Waals surface area (Å²) in [6.07, 6.45) is 0. The highest BCUT2D eigenvalue weighted by atomic mass is 31.1. The van der Waals surface area contributed by atoms with Gasteiger partial charge in [0.1, 0.15) is 23.1 Å². The molecule has 0 saturated heterocycles. The second-order valence-corrected chi connectivity index (χ2v) is 9.15. The van der Waals surface area contributed by atoms with Crippen molar-refractivity contribution in [2.75, 3.05) is 20.9 Å². The van der Waals surface area contributed by atoms with Crippen LogP contribution in [0.15, 0.2) is 24.3 Å². The molecule has 0 saturated carbocycles. The second kappa shape index (κ2) is 6.88. The zero-order valence-electron chi connectivity index (χ0n) is 16.1. The summed E-state index contributed by atoms with van der Waals surface area (Å²) < 4.78 is 17.9. The SMILES string of the molecule is COc1c(C)cc(C)c(OC)c1-c1cccc2c1[P@@](C)[C@@H](C(C)C)O2. The molecule has 2 aromatic carbocycles. The van der Waals surface area contributed by atoms with Crippen molar-refractivity contribution in [3.05, 3.63) is 35.4 Å². The Morgan fingerprint density at radius 1 is 1.04 bits per heavy atom. The molecule has 0 N–H and O–H groups in total. The number of benzene rings is 2. The van der Waals surface area contributed by atoms with Crippen molar-refractivity contribution in [2.45, 2.75) is 33.5 Å². The Labute approximate surface area is 152 Å². The molecule has 134 valence electrons. The molecule has 3 nitrogen and oxygen atoms in total. The van der Waals surface area contributed by atoms with Gasteiger partial charge in [-0.15, -0.1) is 0 Å². The van der Waals surface area contributed by atoms with Crippen LogP contribution in [0.5, 0.6) is 17.2 Å². The van der Waals surface area contributed by atoms with Crippen LogP contribution in [0.1, 0.15) is 25.0 Å². The predicted molar refractivity (Wildman–Crippen MR) is 106 cm³/mol. The van der Waals surface area contributed by atoms with E-state index in [9.17, 15) is 0 Å². The van der Waals surface area contributed by atoms with E-state index in [1.165, 1.54) is 10.9 Å². The largest absolute Gasteiger partial charge is 0.496 e. The van der Waals surface area contributed by atoms with Crippen molar-refractivity contribution in [3.8, 4) is 28.4 Å². The van der Waals surface area contributed by atoms with E-state index >= 15 is 0 Å². The van der Waals surface area contributed by atoms with E-state index in [0.29, 0.717) is 5.92 Å². The van der Waals surface area contributed by atoms with E-state index in [2.05, 4.69) is 58.6 Å². The molecule has 1 heterocycles.